The summed E-state index contributed by atoms with van der Waals surface area (Å²) in [5, 5.41) is 3.89. The lowest BCUT2D eigenvalue weighted by Gasteiger charge is -1.98. The average Bonchev–Trinajstić information content (AvgIpc) is 2.59. The molecule has 0 radical (unpaired) electrons. The number of nitrogens with zero attached hydrogens (tertiary/aromatic N) is 2. The van der Waals surface area contributed by atoms with Crippen LogP contribution in [0.1, 0.15) is 38.4 Å². The monoisotopic (exact) mass is 197 g/mol. The fraction of sp³-hybridized carbons (Fsp3) is 0.800. The lowest BCUT2D eigenvalue weighted by Crippen LogP contribution is -2.01. The summed E-state index contributed by atoms with van der Waals surface area (Å²) in [5.41, 5.74) is 5.40. The van der Waals surface area contributed by atoms with E-state index < -0.39 is 0 Å². The summed E-state index contributed by atoms with van der Waals surface area (Å²) < 4.78 is 5.11. The van der Waals surface area contributed by atoms with Crippen LogP contribution in [-0.4, -0.2) is 16.7 Å². The van der Waals surface area contributed by atoms with Crippen molar-refractivity contribution in [2.75, 3.05) is 6.54 Å². The van der Waals surface area contributed by atoms with Crippen LogP contribution in [-0.2, 0) is 12.8 Å². The Kier molecular flexibility index (Phi) is 4.59. The molecule has 2 N–H and O–H groups in total. The molecule has 0 spiro atoms. The van der Waals surface area contributed by atoms with Crippen LogP contribution in [0.3, 0.4) is 0 Å². The summed E-state index contributed by atoms with van der Waals surface area (Å²) in [6.45, 7) is 5.05. The first kappa shape index (κ1) is 11.2. The maximum Gasteiger partial charge on any atom is 0.226 e. The molecule has 0 saturated carbocycles. The van der Waals surface area contributed by atoms with Crippen LogP contribution in [0.4, 0.5) is 0 Å². The van der Waals surface area contributed by atoms with E-state index in [-0.39, 0.29) is 0 Å². The molecule has 0 aromatic carbocycles. The van der Waals surface area contributed by atoms with Crippen molar-refractivity contribution in [3.05, 3.63) is 11.7 Å². The van der Waals surface area contributed by atoms with Crippen molar-refractivity contribution in [1.82, 2.24) is 10.1 Å². The van der Waals surface area contributed by atoms with Crippen LogP contribution in [0.5, 0.6) is 0 Å². The topological polar surface area (TPSA) is 64.9 Å². The van der Waals surface area contributed by atoms with Gasteiger partial charge in [0.05, 0.1) is 0 Å². The van der Waals surface area contributed by atoms with Crippen molar-refractivity contribution in [2.45, 2.75) is 39.5 Å². The molecule has 0 saturated heterocycles. The van der Waals surface area contributed by atoms with E-state index in [0.29, 0.717) is 12.5 Å². The largest absolute Gasteiger partial charge is 0.339 e. The van der Waals surface area contributed by atoms with Gasteiger partial charge in [0.25, 0.3) is 0 Å². The molecule has 1 aromatic heterocycles. The minimum absolute atomic E-state index is 0.675. The van der Waals surface area contributed by atoms with Gasteiger partial charge >= 0.3 is 0 Å². The molecule has 0 amide bonds. The summed E-state index contributed by atoms with van der Waals surface area (Å²) >= 11 is 0. The Balaban J connectivity index is 2.35. The zero-order valence-corrected chi connectivity index (χ0v) is 8.99. The third-order valence-corrected chi connectivity index (χ3v) is 2.05. The predicted octanol–water partition coefficient (Wildman–Crippen LogP) is 1.55. The number of aryl methyl sites for hydroxylation is 2. The Bertz CT molecular complexity index is 258. The van der Waals surface area contributed by atoms with Gasteiger partial charge in [0.1, 0.15) is 0 Å². The highest BCUT2D eigenvalue weighted by Gasteiger charge is 2.06. The molecule has 4 heteroatoms. The van der Waals surface area contributed by atoms with E-state index in [9.17, 15) is 0 Å². The first-order valence-electron chi connectivity index (χ1n) is 5.24. The molecule has 1 rings (SSSR count). The lowest BCUT2D eigenvalue weighted by molar-refractivity contribution is 0.363. The van der Waals surface area contributed by atoms with E-state index in [2.05, 4.69) is 24.0 Å². The molecule has 0 unspecified atom stereocenters. The van der Waals surface area contributed by atoms with Crippen molar-refractivity contribution < 1.29 is 4.52 Å². The number of nitrogens with two attached hydrogens (primary N) is 1. The Morgan fingerprint density at radius 3 is 2.79 bits per heavy atom. The fourth-order valence-corrected chi connectivity index (χ4v) is 1.17. The summed E-state index contributed by atoms with van der Waals surface area (Å²) in [6.07, 6.45) is 3.72. The summed E-state index contributed by atoms with van der Waals surface area (Å²) in [5.74, 6) is 2.22. The zero-order valence-electron chi connectivity index (χ0n) is 8.99. The second kappa shape index (κ2) is 5.75. The summed E-state index contributed by atoms with van der Waals surface area (Å²) in [7, 11) is 0. The quantitative estimate of drug-likeness (QED) is 0.751. The molecule has 80 valence electrons. The normalized spacial score (nSPS) is 11.1. The predicted molar refractivity (Wildman–Crippen MR) is 54.8 cm³/mol. The molecule has 0 aliphatic carbocycles. The van der Waals surface area contributed by atoms with Crippen LogP contribution in [0, 0.1) is 5.92 Å². The molecule has 14 heavy (non-hydrogen) atoms. The van der Waals surface area contributed by atoms with Gasteiger partial charge in [0.15, 0.2) is 5.82 Å². The third-order valence-electron chi connectivity index (χ3n) is 2.05. The maximum atomic E-state index is 5.40. The smallest absolute Gasteiger partial charge is 0.226 e. The second-order valence-corrected chi connectivity index (χ2v) is 3.93. The molecule has 0 atom stereocenters. The highest BCUT2D eigenvalue weighted by molar-refractivity contribution is 4.86. The van der Waals surface area contributed by atoms with E-state index in [0.717, 1.165) is 37.4 Å². The van der Waals surface area contributed by atoms with Gasteiger partial charge in [-0.05, 0) is 25.3 Å². The molecule has 0 aliphatic heterocycles. The van der Waals surface area contributed by atoms with E-state index in [1.165, 1.54) is 0 Å². The zero-order chi connectivity index (χ0) is 10.4. The van der Waals surface area contributed by atoms with Gasteiger partial charge in [-0.2, -0.15) is 4.98 Å². The Hall–Kier alpha value is -0.900. The Morgan fingerprint density at radius 1 is 1.36 bits per heavy atom. The first-order valence-corrected chi connectivity index (χ1v) is 5.24. The molecule has 0 aliphatic rings. The first-order chi connectivity index (χ1) is 6.72. The van der Waals surface area contributed by atoms with Crippen LogP contribution in [0.15, 0.2) is 4.52 Å². The van der Waals surface area contributed by atoms with Gasteiger partial charge in [-0.25, -0.2) is 0 Å². The molecular formula is C10H19N3O. The minimum atomic E-state index is 0.675. The summed E-state index contributed by atoms with van der Waals surface area (Å²) in [6, 6.07) is 0. The number of rotatable bonds is 6. The number of aromatic nitrogens is 2. The number of hydrogen-bond donors (Lipinski definition) is 1. The second-order valence-electron chi connectivity index (χ2n) is 3.93. The minimum Gasteiger partial charge on any atom is -0.339 e. The molecule has 1 aromatic rings. The molecule has 1 heterocycles. The molecular weight excluding hydrogens is 178 g/mol. The van der Waals surface area contributed by atoms with Crippen LogP contribution >= 0.6 is 0 Å². The van der Waals surface area contributed by atoms with Gasteiger partial charge < -0.3 is 10.3 Å². The highest BCUT2D eigenvalue weighted by atomic mass is 16.5. The van der Waals surface area contributed by atoms with Crippen LogP contribution in [0.25, 0.3) is 0 Å². The van der Waals surface area contributed by atoms with Crippen molar-refractivity contribution in [3.63, 3.8) is 0 Å². The van der Waals surface area contributed by atoms with Gasteiger partial charge in [-0.1, -0.05) is 19.0 Å². The standard InChI is InChI=1S/C10H19N3O/c1-8(2)5-6-10-12-9(13-14-10)4-3-7-11/h8H,3-7,11H2,1-2H3. The molecule has 0 fully saturated rings. The van der Waals surface area contributed by atoms with E-state index >= 15 is 0 Å². The van der Waals surface area contributed by atoms with Crippen LogP contribution < -0.4 is 5.73 Å². The third kappa shape index (κ3) is 3.87. The lowest BCUT2D eigenvalue weighted by atomic mass is 10.1. The SMILES string of the molecule is CC(C)CCc1nc(CCCN)no1. The summed E-state index contributed by atoms with van der Waals surface area (Å²) in [4.78, 5) is 4.29. The average molecular weight is 197 g/mol. The van der Waals surface area contributed by atoms with Crippen molar-refractivity contribution in [2.24, 2.45) is 11.7 Å². The Labute approximate surface area is 84.9 Å². The van der Waals surface area contributed by atoms with E-state index in [1.807, 2.05) is 0 Å². The van der Waals surface area contributed by atoms with Crippen LogP contribution in [0.2, 0.25) is 0 Å². The van der Waals surface area contributed by atoms with Crippen molar-refractivity contribution >= 4 is 0 Å². The fourth-order valence-electron chi connectivity index (χ4n) is 1.17. The van der Waals surface area contributed by atoms with Gasteiger partial charge in [0.2, 0.25) is 5.89 Å². The van der Waals surface area contributed by atoms with Gasteiger partial charge in [-0.15, -0.1) is 0 Å². The van der Waals surface area contributed by atoms with E-state index in [1.54, 1.807) is 0 Å². The van der Waals surface area contributed by atoms with Crippen molar-refractivity contribution in [3.8, 4) is 0 Å². The van der Waals surface area contributed by atoms with Gasteiger partial charge in [-0.3, -0.25) is 0 Å². The van der Waals surface area contributed by atoms with Crippen molar-refractivity contribution in [1.29, 1.82) is 0 Å². The Morgan fingerprint density at radius 2 is 2.14 bits per heavy atom. The maximum absolute atomic E-state index is 5.40. The van der Waals surface area contributed by atoms with Gasteiger partial charge in [0, 0.05) is 12.8 Å². The molecule has 4 nitrogen and oxygen atoms in total. The number of hydrogen-bond acceptors (Lipinski definition) is 4. The molecule has 0 bridgehead atoms. The highest BCUT2D eigenvalue weighted by Crippen LogP contribution is 2.07. The van der Waals surface area contributed by atoms with E-state index in [4.69, 9.17) is 10.3 Å².